The number of aliphatic imine (C=N–C) groups is 1. The van der Waals surface area contributed by atoms with Crippen LogP contribution in [0.25, 0.3) is 0 Å². The van der Waals surface area contributed by atoms with Crippen molar-refractivity contribution in [2.45, 2.75) is 13.8 Å². The minimum Gasteiger partial charge on any atom is -0.312 e. The SMILES string of the molecule is C=N/C=N\NC.CC. The first-order valence-electron chi connectivity index (χ1n) is 2.56. The molecule has 0 aromatic rings. The summed E-state index contributed by atoms with van der Waals surface area (Å²) in [6.45, 7) is 7.16. The molecule has 0 radical (unpaired) electrons. The van der Waals surface area contributed by atoms with E-state index in [0.717, 1.165) is 0 Å². The lowest BCUT2D eigenvalue weighted by Gasteiger charge is -1.76. The summed E-state index contributed by atoms with van der Waals surface area (Å²) in [6.07, 6.45) is 1.33. The lowest BCUT2D eigenvalue weighted by Crippen LogP contribution is -1.91. The van der Waals surface area contributed by atoms with Gasteiger partial charge in [-0.1, -0.05) is 13.8 Å². The van der Waals surface area contributed by atoms with Gasteiger partial charge in [-0.15, -0.1) is 0 Å². The average molecular weight is 115 g/mol. The maximum Gasteiger partial charge on any atom is 0.134 e. The van der Waals surface area contributed by atoms with Crippen molar-refractivity contribution in [3.05, 3.63) is 0 Å². The number of hydrazone groups is 1. The Kier molecular flexibility index (Phi) is 21.0. The zero-order chi connectivity index (χ0) is 6.83. The zero-order valence-electron chi connectivity index (χ0n) is 5.68. The first kappa shape index (κ1) is 10.2. The average Bonchev–Trinajstić information content (AvgIpc) is 1.88. The Morgan fingerprint density at radius 3 is 2.12 bits per heavy atom. The van der Waals surface area contributed by atoms with Crippen LogP contribution >= 0.6 is 0 Å². The fourth-order valence-corrected chi connectivity index (χ4v) is 0.0986. The Morgan fingerprint density at radius 2 is 2.00 bits per heavy atom. The Hall–Kier alpha value is -0.860. The summed E-state index contributed by atoms with van der Waals surface area (Å²) in [5.41, 5.74) is 2.50. The molecule has 8 heavy (non-hydrogen) atoms. The van der Waals surface area contributed by atoms with Gasteiger partial charge in [0, 0.05) is 7.05 Å². The monoisotopic (exact) mass is 115 g/mol. The maximum atomic E-state index is 3.49. The van der Waals surface area contributed by atoms with Crippen molar-refractivity contribution < 1.29 is 0 Å². The number of rotatable bonds is 2. The van der Waals surface area contributed by atoms with Crippen LogP contribution in [0.4, 0.5) is 0 Å². The highest BCUT2D eigenvalue weighted by Crippen LogP contribution is 1.48. The quantitative estimate of drug-likeness (QED) is 0.323. The molecule has 0 bridgehead atoms. The van der Waals surface area contributed by atoms with Crippen LogP contribution in [-0.2, 0) is 0 Å². The van der Waals surface area contributed by atoms with Gasteiger partial charge in [-0.3, -0.25) is 4.99 Å². The molecule has 3 heteroatoms. The summed E-state index contributed by atoms with van der Waals surface area (Å²) < 4.78 is 0. The second kappa shape index (κ2) is 16.5. The van der Waals surface area contributed by atoms with Crippen molar-refractivity contribution in [3.63, 3.8) is 0 Å². The van der Waals surface area contributed by atoms with Crippen molar-refractivity contribution in [3.8, 4) is 0 Å². The van der Waals surface area contributed by atoms with Gasteiger partial charge in [-0.05, 0) is 6.72 Å². The number of hydrogen-bond acceptors (Lipinski definition) is 2. The van der Waals surface area contributed by atoms with Crippen LogP contribution in [0.5, 0.6) is 0 Å². The molecule has 0 aromatic carbocycles. The molecule has 0 aromatic heterocycles. The summed E-state index contributed by atoms with van der Waals surface area (Å²) >= 11 is 0. The van der Waals surface area contributed by atoms with E-state index >= 15 is 0 Å². The van der Waals surface area contributed by atoms with Crippen molar-refractivity contribution in [1.82, 2.24) is 5.43 Å². The van der Waals surface area contributed by atoms with E-state index in [1.807, 2.05) is 13.8 Å². The summed E-state index contributed by atoms with van der Waals surface area (Å²) in [5.74, 6) is 0. The first-order valence-corrected chi connectivity index (χ1v) is 2.56. The van der Waals surface area contributed by atoms with Crippen molar-refractivity contribution >= 4 is 13.1 Å². The van der Waals surface area contributed by atoms with Gasteiger partial charge in [-0.25, -0.2) is 0 Å². The molecule has 1 N–H and O–H groups in total. The fraction of sp³-hybridized carbons (Fsp3) is 0.600. The van der Waals surface area contributed by atoms with E-state index in [0.29, 0.717) is 0 Å². The predicted octanol–water partition coefficient (Wildman–Crippen LogP) is 0.876. The van der Waals surface area contributed by atoms with E-state index < -0.39 is 0 Å². The van der Waals surface area contributed by atoms with Crippen LogP contribution < -0.4 is 5.43 Å². The van der Waals surface area contributed by atoms with Gasteiger partial charge >= 0.3 is 0 Å². The van der Waals surface area contributed by atoms with Crippen LogP contribution in [0.15, 0.2) is 10.1 Å². The van der Waals surface area contributed by atoms with Crippen molar-refractivity contribution in [2.75, 3.05) is 7.05 Å². The minimum atomic E-state index is 1.33. The minimum absolute atomic E-state index is 1.33. The molecule has 0 rings (SSSR count). The van der Waals surface area contributed by atoms with E-state index in [1.54, 1.807) is 7.05 Å². The highest BCUT2D eigenvalue weighted by atomic mass is 15.3. The molecule has 0 unspecified atom stereocenters. The summed E-state index contributed by atoms with van der Waals surface area (Å²) in [7, 11) is 1.70. The molecule has 0 atom stereocenters. The second-order valence-corrected chi connectivity index (χ2v) is 0.651. The second-order valence-electron chi connectivity index (χ2n) is 0.651. The molecule has 0 aliphatic carbocycles. The molecule has 0 fully saturated rings. The Balaban J connectivity index is 0. The molecule has 3 nitrogen and oxygen atoms in total. The molecular formula is C5H13N3. The number of nitrogens with zero attached hydrogens (tertiary/aromatic N) is 2. The van der Waals surface area contributed by atoms with E-state index in [4.69, 9.17) is 0 Å². The van der Waals surface area contributed by atoms with Crippen LogP contribution in [0.1, 0.15) is 13.8 Å². The standard InChI is InChI=1S/C3H7N3.C2H6/c1-4-3-6-5-2;1-2/h3,5H,1H2,2H3;1-2H3/b6-3-;. The van der Waals surface area contributed by atoms with Gasteiger partial charge in [0.25, 0.3) is 0 Å². The summed E-state index contributed by atoms with van der Waals surface area (Å²) in [6, 6.07) is 0. The molecule has 0 aliphatic rings. The highest BCUT2D eigenvalue weighted by molar-refractivity contribution is 5.61. The van der Waals surface area contributed by atoms with Gasteiger partial charge in [0.2, 0.25) is 0 Å². The van der Waals surface area contributed by atoms with Crippen LogP contribution in [0.2, 0.25) is 0 Å². The molecular weight excluding hydrogens is 102 g/mol. The van der Waals surface area contributed by atoms with E-state index in [2.05, 4.69) is 22.2 Å². The highest BCUT2D eigenvalue weighted by Gasteiger charge is 1.49. The Morgan fingerprint density at radius 1 is 1.50 bits per heavy atom. The predicted molar refractivity (Wildman–Crippen MR) is 38.4 cm³/mol. The van der Waals surface area contributed by atoms with Crippen molar-refractivity contribution in [2.24, 2.45) is 10.1 Å². The molecule has 0 amide bonds. The van der Waals surface area contributed by atoms with Gasteiger partial charge in [0.15, 0.2) is 0 Å². The molecule has 0 saturated heterocycles. The summed E-state index contributed by atoms with van der Waals surface area (Å²) in [4.78, 5) is 3.32. The largest absolute Gasteiger partial charge is 0.312 e. The van der Waals surface area contributed by atoms with E-state index in [9.17, 15) is 0 Å². The normalized spacial score (nSPS) is 7.38. The molecule has 48 valence electrons. The zero-order valence-corrected chi connectivity index (χ0v) is 5.68. The van der Waals surface area contributed by atoms with Crippen LogP contribution in [0, 0.1) is 0 Å². The maximum absolute atomic E-state index is 3.49. The third kappa shape index (κ3) is 19.2. The lowest BCUT2D eigenvalue weighted by atomic mass is 11.0. The molecule has 0 aliphatic heterocycles. The van der Waals surface area contributed by atoms with E-state index in [-0.39, 0.29) is 0 Å². The fourth-order valence-electron chi connectivity index (χ4n) is 0.0986. The van der Waals surface area contributed by atoms with Gasteiger partial charge in [-0.2, -0.15) is 5.10 Å². The first-order chi connectivity index (χ1) is 3.91. The molecule has 0 spiro atoms. The molecule has 0 heterocycles. The Labute approximate surface area is 50.5 Å². The van der Waals surface area contributed by atoms with Crippen LogP contribution in [-0.4, -0.2) is 20.1 Å². The van der Waals surface area contributed by atoms with Gasteiger partial charge in [0.1, 0.15) is 6.34 Å². The van der Waals surface area contributed by atoms with Crippen LogP contribution in [0.3, 0.4) is 0 Å². The third-order valence-electron chi connectivity index (χ3n) is 0.268. The topological polar surface area (TPSA) is 36.8 Å². The smallest absolute Gasteiger partial charge is 0.134 e. The third-order valence-corrected chi connectivity index (χ3v) is 0.268. The Bertz CT molecular complexity index is 58.7. The van der Waals surface area contributed by atoms with Gasteiger partial charge < -0.3 is 5.43 Å². The number of hydrogen-bond donors (Lipinski definition) is 1. The van der Waals surface area contributed by atoms with E-state index in [1.165, 1.54) is 6.34 Å². The van der Waals surface area contributed by atoms with Gasteiger partial charge in [0.05, 0.1) is 0 Å². The number of nitrogens with one attached hydrogen (secondary N) is 1. The lowest BCUT2D eigenvalue weighted by molar-refractivity contribution is 0.905. The summed E-state index contributed by atoms with van der Waals surface area (Å²) in [5, 5.41) is 3.49. The van der Waals surface area contributed by atoms with Crippen molar-refractivity contribution in [1.29, 1.82) is 0 Å². The molecule has 0 saturated carbocycles.